The molecule has 1 saturated carbocycles. The van der Waals surface area contributed by atoms with Gasteiger partial charge in [0.2, 0.25) is 0 Å². The van der Waals surface area contributed by atoms with Crippen molar-refractivity contribution >= 4 is 36.6 Å². The van der Waals surface area contributed by atoms with E-state index in [0.717, 1.165) is 13.0 Å². The molecular formula is C9H12B4NO. The van der Waals surface area contributed by atoms with E-state index in [0.29, 0.717) is 12.3 Å². The summed E-state index contributed by atoms with van der Waals surface area (Å²) in [5, 5.41) is 1.01. The van der Waals surface area contributed by atoms with Crippen LogP contribution in [0.5, 0.6) is 0 Å². The lowest BCUT2D eigenvalue weighted by Gasteiger charge is -2.39. The standard InChI is InChI=1S/C9H12B4NO/c1-14-3-2-5-4-8(10,11)7(15)9(12)6(5)13-9/h5-6,14H,2-4H2,1H3. The van der Waals surface area contributed by atoms with Crippen LogP contribution in [0.25, 0.3) is 0 Å². The van der Waals surface area contributed by atoms with Crippen molar-refractivity contribution in [1.82, 2.24) is 5.32 Å². The third kappa shape index (κ3) is 1.71. The monoisotopic (exact) mass is 194 g/mol. The third-order valence-corrected chi connectivity index (χ3v) is 3.59. The van der Waals surface area contributed by atoms with Crippen LogP contribution in [0.1, 0.15) is 12.8 Å². The van der Waals surface area contributed by atoms with E-state index in [-0.39, 0.29) is 11.6 Å². The Morgan fingerprint density at radius 3 is 2.80 bits per heavy atom. The van der Waals surface area contributed by atoms with Crippen LogP contribution >= 0.6 is 0 Å². The molecule has 7 radical (unpaired) electrons. The summed E-state index contributed by atoms with van der Waals surface area (Å²) >= 11 is 0. The van der Waals surface area contributed by atoms with Crippen molar-refractivity contribution in [3.8, 4) is 0 Å². The molecule has 0 aromatic heterocycles. The van der Waals surface area contributed by atoms with Crippen LogP contribution < -0.4 is 5.32 Å². The predicted molar refractivity (Wildman–Crippen MR) is 63.8 cm³/mol. The first-order valence-corrected chi connectivity index (χ1v) is 5.34. The Balaban J connectivity index is 2.09. The molecule has 0 aromatic carbocycles. The maximum absolute atomic E-state index is 11.8. The molecule has 71 valence electrons. The maximum Gasteiger partial charge on any atom is 0.119 e. The fourth-order valence-corrected chi connectivity index (χ4v) is 2.67. The molecule has 2 fully saturated rings. The molecule has 2 aliphatic rings. The van der Waals surface area contributed by atoms with Gasteiger partial charge in [-0.15, -0.1) is 0 Å². The molecule has 2 nitrogen and oxygen atoms in total. The molecule has 2 rings (SSSR count). The average molecular weight is 193 g/mol. The van der Waals surface area contributed by atoms with Crippen LogP contribution in [0, 0.1) is 5.92 Å². The minimum atomic E-state index is -1.24. The fraction of sp³-hybridized carbons (Fsp3) is 0.889. The Hall–Kier alpha value is -0.110. The molecular weight excluding hydrogens is 181 g/mol. The van der Waals surface area contributed by atoms with Gasteiger partial charge in [0.05, 0.1) is 23.5 Å². The van der Waals surface area contributed by atoms with Gasteiger partial charge in [-0.2, -0.15) is 0 Å². The van der Waals surface area contributed by atoms with Gasteiger partial charge in [0.15, 0.2) is 0 Å². The van der Waals surface area contributed by atoms with Crippen molar-refractivity contribution in [3.63, 3.8) is 0 Å². The number of hydrogen-bond acceptors (Lipinski definition) is 2. The number of ketones is 1. The zero-order chi connectivity index (χ0) is 11.3. The Kier molecular flexibility index (Phi) is 2.61. The number of carbonyl (C=O) groups is 1. The second kappa shape index (κ2) is 3.44. The van der Waals surface area contributed by atoms with Gasteiger partial charge < -0.3 is 10.1 Å². The average Bonchev–Trinajstić information content (AvgIpc) is 2.84. The molecule has 0 spiro atoms. The van der Waals surface area contributed by atoms with Gasteiger partial charge in [0.25, 0.3) is 0 Å². The molecule has 1 aliphatic heterocycles. The summed E-state index contributed by atoms with van der Waals surface area (Å²) in [5.74, 6) is 0.300. The smallest absolute Gasteiger partial charge is 0.119 e. The molecule has 1 aliphatic carbocycles. The lowest BCUT2D eigenvalue weighted by molar-refractivity contribution is -0.121. The number of nitrogens with one attached hydrogen (secondary N) is 1. The van der Waals surface area contributed by atoms with Crippen molar-refractivity contribution in [1.29, 1.82) is 0 Å². The number of carbonyl (C=O) groups excluding carboxylic acids is 1. The van der Waals surface area contributed by atoms with Crippen molar-refractivity contribution in [2.45, 2.75) is 29.1 Å². The number of Topliss-reactive ketones (excluding diaryl/α,β-unsaturated/α-hetero) is 1. The SMILES string of the molecule is [B]C1([B])CC(CCNC)C2[B]C2([B])C1=O. The van der Waals surface area contributed by atoms with Crippen molar-refractivity contribution < 1.29 is 4.79 Å². The van der Waals surface area contributed by atoms with Gasteiger partial charge in [-0.1, -0.05) is 12.2 Å². The molecule has 3 atom stereocenters. The largest absolute Gasteiger partial charge is 0.320 e. The zero-order valence-electron chi connectivity index (χ0n) is 8.99. The molecule has 1 N–H and O–H groups in total. The second-order valence-corrected chi connectivity index (χ2v) is 4.85. The first-order valence-electron chi connectivity index (χ1n) is 5.34. The second-order valence-electron chi connectivity index (χ2n) is 4.85. The van der Waals surface area contributed by atoms with Gasteiger partial charge in [-0.05, 0) is 36.4 Å². The molecule has 0 aromatic rings. The first-order chi connectivity index (χ1) is 6.92. The molecule has 1 saturated heterocycles. The van der Waals surface area contributed by atoms with Crippen molar-refractivity contribution in [2.24, 2.45) is 5.92 Å². The van der Waals surface area contributed by atoms with E-state index in [9.17, 15) is 4.79 Å². The number of fused-ring (bicyclic) bond motifs is 1. The topological polar surface area (TPSA) is 29.1 Å². The summed E-state index contributed by atoms with van der Waals surface area (Å²) in [7, 11) is 21.3. The van der Waals surface area contributed by atoms with Crippen molar-refractivity contribution in [2.75, 3.05) is 13.6 Å². The quantitative estimate of drug-likeness (QED) is 0.608. The summed E-state index contributed by atoms with van der Waals surface area (Å²) in [6, 6.07) is 0. The van der Waals surface area contributed by atoms with E-state index in [1.807, 2.05) is 14.3 Å². The summed E-state index contributed by atoms with van der Waals surface area (Å²) in [4.78, 5) is 11.8. The Labute approximate surface area is 95.8 Å². The van der Waals surface area contributed by atoms with Crippen LogP contribution in [0.2, 0.25) is 16.2 Å². The van der Waals surface area contributed by atoms with E-state index in [4.69, 9.17) is 23.5 Å². The van der Waals surface area contributed by atoms with Gasteiger partial charge in [0.1, 0.15) is 13.1 Å². The summed E-state index contributed by atoms with van der Waals surface area (Å²) in [5.41, 5.74) is 0. The highest BCUT2D eigenvalue weighted by molar-refractivity contribution is 6.80. The van der Waals surface area contributed by atoms with E-state index in [1.165, 1.54) is 0 Å². The van der Waals surface area contributed by atoms with E-state index >= 15 is 0 Å². The normalized spacial score (nSPS) is 41.8. The van der Waals surface area contributed by atoms with Gasteiger partial charge in [0, 0.05) is 0 Å². The number of hydrogen-bond donors (Lipinski definition) is 1. The van der Waals surface area contributed by atoms with E-state index in [1.54, 1.807) is 0 Å². The lowest BCUT2D eigenvalue weighted by atomic mass is 9.41. The molecule has 3 unspecified atom stereocenters. The van der Waals surface area contributed by atoms with Gasteiger partial charge in [-0.25, -0.2) is 0 Å². The summed E-state index contributed by atoms with van der Waals surface area (Å²) < 4.78 is 0. The molecule has 15 heavy (non-hydrogen) atoms. The van der Waals surface area contributed by atoms with Gasteiger partial charge >= 0.3 is 0 Å². The van der Waals surface area contributed by atoms with Crippen LogP contribution in [0.3, 0.4) is 0 Å². The Morgan fingerprint density at radius 2 is 2.20 bits per heavy atom. The highest BCUT2D eigenvalue weighted by atomic mass is 16.1. The molecule has 0 amide bonds. The van der Waals surface area contributed by atoms with Crippen LogP contribution in [0.15, 0.2) is 0 Å². The Morgan fingerprint density at radius 1 is 1.53 bits per heavy atom. The van der Waals surface area contributed by atoms with Crippen LogP contribution in [0.4, 0.5) is 0 Å². The minimum Gasteiger partial charge on any atom is -0.320 e. The fourth-order valence-electron chi connectivity index (χ4n) is 2.67. The van der Waals surface area contributed by atoms with Crippen molar-refractivity contribution in [3.05, 3.63) is 0 Å². The first kappa shape index (κ1) is 11.4. The highest BCUT2D eigenvalue weighted by Crippen LogP contribution is 2.68. The maximum atomic E-state index is 11.8. The molecule has 1 heterocycles. The van der Waals surface area contributed by atoms with E-state index in [2.05, 4.69) is 5.32 Å². The highest BCUT2D eigenvalue weighted by Gasteiger charge is 2.64. The molecule has 0 bridgehead atoms. The predicted octanol–water partition coefficient (Wildman–Crippen LogP) is -0.571. The third-order valence-electron chi connectivity index (χ3n) is 3.59. The number of rotatable bonds is 3. The molecule has 6 heteroatoms. The Bertz CT molecular complexity index is 289. The van der Waals surface area contributed by atoms with Crippen LogP contribution in [-0.2, 0) is 4.79 Å². The van der Waals surface area contributed by atoms with Crippen LogP contribution in [-0.4, -0.2) is 50.2 Å². The summed E-state index contributed by atoms with van der Waals surface area (Å²) in [6.07, 6.45) is 1.49. The minimum absolute atomic E-state index is 0.179. The van der Waals surface area contributed by atoms with E-state index < -0.39 is 10.4 Å². The zero-order valence-corrected chi connectivity index (χ0v) is 8.99. The summed E-state index contributed by atoms with van der Waals surface area (Å²) in [6.45, 7) is 0.898. The lowest BCUT2D eigenvalue weighted by Crippen LogP contribution is -2.37. The van der Waals surface area contributed by atoms with Gasteiger partial charge in [-0.3, -0.25) is 0 Å².